The summed E-state index contributed by atoms with van der Waals surface area (Å²) in [4.78, 5) is 27.4. The number of nitrogens with zero attached hydrogens (tertiary/aromatic N) is 2. The molecule has 1 saturated heterocycles. The monoisotopic (exact) mass is 342 g/mol. The van der Waals surface area contributed by atoms with Crippen molar-refractivity contribution in [1.82, 2.24) is 9.80 Å². The molecule has 0 radical (unpaired) electrons. The molecule has 1 aromatic carbocycles. The molecule has 0 bridgehead atoms. The fraction of sp³-hybridized carbons (Fsp3) is 0.524. The Bertz CT molecular complexity index is 585. The van der Waals surface area contributed by atoms with Gasteiger partial charge < -0.3 is 4.90 Å². The van der Waals surface area contributed by atoms with Gasteiger partial charge in [0.1, 0.15) is 6.04 Å². The Hall–Kier alpha value is -1.94. The number of ketones is 1. The highest BCUT2D eigenvalue weighted by Gasteiger charge is 2.35. The van der Waals surface area contributed by atoms with Crippen LogP contribution in [-0.4, -0.2) is 47.7 Å². The van der Waals surface area contributed by atoms with Crippen molar-refractivity contribution in [3.63, 3.8) is 0 Å². The van der Waals surface area contributed by atoms with Crippen molar-refractivity contribution in [3.05, 3.63) is 48.0 Å². The van der Waals surface area contributed by atoms with E-state index in [4.69, 9.17) is 0 Å². The molecule has 0 saturated carbocycles. The summed E-state index contributed by atoms with van der Waals surface area (Å²) in [5, 5.41) is 0. The third-order valence-corrected chi connectivity index (χ3v) is 5.24. The zero-order valence-corrected chi connectivity index (χ0v) is 15.6. The average molecular weight is 342 g/mol. The van der Waals surface area contributed by atoms with Crippen LogP contribution in [0.15, 0.2) is 42.5 Å². The van der Waals surface area contributed by atoms with E-state index in [9.17, 15) is 9.59 Å². The molecule has 3 atom stereocenters. The third kappa shape index (κ3) is 4.79. The number of carbonyl (C=O) groups excluding carboxylic acids is 2. The van der Waals surface area contributed by atoms with Crippen molar-refractivity contribution in [2.45, 2.75) is 45.7 Å². The van der Waals surface area contributed by atoms with Gasteiger partial charge in [-0.15, -0.1) is 0 Å². The van der Waals surface area contributed by atoms with Gasteiger partial charge >= 0.3 is 0 Å². The van der Waals surface area contributed by atoms with Crippen molar-refractivity contribution < 1.29 is 9.59 Å². The molecular formula is C21H30N2O2. The molecule has 0 N–H and O–H groups in total. The number of Topliss-reactive ketones (excluding diaryl/α,β-unsaturated/α-hetero) is 1. The number of benzene rings is 1. The first-order chi connectivity index (χ1) is 12.1. The topological polar surface area (TPSA) is 40.6 Å². The maximum atomic E-state index is 12.0. The molecule has 1 aliphatic heterocycles. The second kappa shape index (κ2) is 9.52. The quantitative estimate of drug-likeness (QED) is 0.537. The van der Waals surface area contributed by atoms with E-state index >= 15 is 0 Å². The Kier molecular flexibility index (Phi) is 7.38. The summed E-state index contributed by atoms with van der Waals surface area (Å²) >= 11 is 0. The third-order valence-electron chi connectivity index (χ3n) is 5.24. The van der Waals surface area contributed by atoms with Crippen LogP contribution in [0.1, 0.15) is 45.2 Å². The normalized spacial score (nSPS) is 21.2. The largest absolute Gasteiger partial charge is 0.333 e. The zero-order chi connectivity index (χ0) is 18.2. The summed E-state index contributed by atoms with van der Waals surface area (Å²) < 4.78 is 0. The molecule has 1 heterocycles. The van der Waals surface area contributed by atoms with Crippen molar-refractivity contribution in [2.24, 2.45) is 5.92 Å². The lowest BCUT2D eigenvalue weighted by atomic mass is 9.86. The minimum absolute atomic E-state index is 0.0603. The number of rotatable bonds is 8. The van der Waals surface area contributed by atoms with Crippen molar-refractivity contribution in [1.29, 1.82) is 0 Å². The van der Waals surface area contributed by atoms with Gasteiger partial charge in [-0.05, 0) is 31.7 Å². The molecule has 0 aromatic heterocycles. The van der Waals surface area contributed by atoms with Crippen molar-refractivity contribution in [3.8, 4) is 0 Å². The fourth-order valence-electron chi connectivity index (χ4n) is 3.82. The lowest BCUT2D eigenvalue weighted by Crippen LogP contribution is -2.56. The zero-order valence-electron chi connectivity index (χ0n) is 15.6. The van der Waals surface area contributed by atoms with Gasteiger partial charge in [0.25, 0.3) is 0 Å². The van der Waals surface area contributed by atoms with E-state index in [1.54, 1.807) is 11.8 Å². The number of allylic oxidation sites excluding steroid dienone is 2. The standard InChI is InChI=1S/C21H30N2O2/c1-4-6-10-18(5-2)21(19-11-8-7-9-12-19)22-13-14-23(16-24)20(15-22)17(3)25/h4,6-9,11-12,16,18,20-21H,5,10,13-15H2,1-3H3/b6-4-. The van der Waals surface area contributed by atoms with Gasteiger partial charge in [-0.25, -0.2) is 0 Å². The van der Waals surface area contributed by atoms with Gasteiger partial charge in [0.2, 0.25) is 6.41 Å². The fourth-order valence-corrected chi connectivity index (χ4v) is 3.82. The molecule has 3 unspecified atom stereocenters. The van der Waals surface area contributed by atoms with Crippen LogP contribution in [0.4, 0.5) is 0 Å². The Morgan fingerprint density at radius 3 is 2.56 bits per heavy atom. The number of hydrogen-bond donors (Lipinski definition) is 0. The first-order valence-corrected chi connectivity index (χ1v) is 9.24. The van der Waals surface area contributed by atoms with Gasteiger partial charge in [-0.1, -0.05) is 55.8 Å². The molecule has 4 nitrogen and oxygen atoms in total. The summed E-state index contributed by atoms with van der Waals surface area (Å²) in [6.45, 7) is 7.89. The minimum Gasteiger partial charge on any atom is -0.333 e. The predicted octanol–water partition coefficient (Wildman–Crippen LogP) is 3.45. The SMILES string of the molecule is C/C=C\CC(CC)C(c1ccccc1)N1CCN(C=O)C(C(C)=O)C1. The van der Waals surface area contributed by atoms with E-state index in [0.717, 1.165) is 25.8 Å². The lowest BCUT2D eigenvalue weighted by molar-refractivity contribution is -0.134. The summed E-state index contributed by atoms with van der Waals surface area (Å²) in [5.41, 5.74) is 1.29. The number of amides is 1. The molecule has 1 amide bonds. The van der Waals surface area contributed by atoms with Crippen LogP contribution in [-0.2, 0) is 9.59 Å². The molecule has 0 aliphatic carbocycles. The molecule has 4 heteroatoms. The Morgan fingerprint density at radius 1 is 1.28 bits per heavy atom. The molecular weight excluding hydrogens is 312 g/mol. The van der Waals surface area contributed by atoms with Gasteiger partial charge in [-0.2, -0.15) is 0 Å². The smallest absolute Gasteiger partial charge is 0.210 e. The molecule has 1 aliphatic rings. The Morgan fingerprint density at radius 2 is 2.00 bits per heavy atom. The minimum atomic E-state index is -0.336. The van der Waals surface area contributed by atoms with Crippen LogP contribution in [0.2, 0.25) is 0 Å². The molecule has 136 valence electrons. The predicted molar refractivity (Wildman–Crippen MR) is 101 cm³/mol. The Labute approximate surface area is 151 Å². The van der Waals surface area contributed by atoms with E-state index in [0.29, 0.717) is 19.0 Å². The van der Waals surface area contributed by atoms with E-state index in [2.05, 4.69) is 55.2 Å². The molecule has 25 heavy (non-hydrogen) atoms. The van der Waals surface area contributed by atoms with Crippen LogP contribution in [0.3, 0.4) is 0 Å². The molecule has 0 spiro atoms. The van der Waals surface area contributed by atoms with Crippen molar-refractivity contribution in [2.75, 3.05) is 19.6 Å². The van der Waals surface area contributed by atoms with Crippen LogP contribution in [0.5, 0.6) is 0 Å². The summed E-state index contributed by atoms with van der Waals surface area (Å²) in [6, 6.07) is 10.5. The highest BCUT2D eigenvalue weighted by atomic mass is 16.1. The summed E-state index contributed by atoms with van der Waals surface area (Å²) in [5.74, 6) is 0.541. The average Bonchev–Trinajstić information content (AvgIpc) is 2.65. The highest BCUT2D eigenvalue weighted by Crippen LogP contribution is 2.35. The summed E-state index contributed by atoms with van der Waals surface area (Å²) in [6.07, 6.45) is 7.24. The maximum absolute atomic E-state index is 12.0. The van der Waals surface area contributed by atoms with Gasteiger partial charge in [0.05, 0.1) is 0 Å². The van der Waals surface area contributed by atoms with Gasteiger partial charge in [0.15, 0.2) is 5.78 Å². The molecule has 1 fully saturated rings. The first kappa shape index (κ1) is 19.4. The maximum Gasteiger partial charge on any atom is 0.210 e. The van der Waals surface area contributed by atoms with Crippen LogP contribution in [0.25, 0.3) is 0 Å². The highest BCUT2D eigenvalue weighted by molar-refractivity contribution is 5.83. The van der Waals surface area contributed by atoms with Gasteiger partial charge in [0, 0.05) is 25.7 Å². The van der Waals surface area contributed by atoms with Gasteiger partial charge in [-0.3, -0.25) is 14.5 Å². The second-order valence-corrected chi connectivity index (χ2v) is 6.79. The molecule has 1 aromatic rings. The number of piperazine rings is 1. The number of hydrogen-bond acceptors (Lipinski definition) is 3. The van der Waals surface area contributed by atoms with E-state index in [1.807, 2.05) is 6.07 Å². The van der Waals surface area contributed by atoms with Crippen molar-refractivity contribution >= 4 is 12.2 Å². The second-order valence-electron chi connectivity index (χ2n) is 6.79. The number of carbonyl (C=O) groups is 2. The lowest BCUT2D eigenvalue weighted by Gasteiger charge is -2.44. The van der Waals surface area contributed by atoms with Crippen LogP contribution < -0.4 is 0 Å². The van der Waals surface area contributed by atoms with E-state index in [1.165, 1.54) is 5.56 Å². The van der Waals surface area contributed by atoms with Crippen LogP contribution >= 0.6 is 0 Å². The molecule has 2 rings (SSSR count). The summed E-state index contributed by atoms with van der Waals surface area (Å²) in [7, 11) is 0. The first-order valence-electron chi connectivity index (χ1n) is 9.24. The Balaban J connectivity index is 2.31. The van der Waals surface area contributed by atoms with Crippen LogP contribution in [0, 0.1) is 5.92 Å². The van der Waals surface area contributed by atoms with E-state index in [-0.39, 0.29) is 17.9 Å². The van der Waals surface area contributed by atoms with E-state index < -0.39 is 0 Å².